The van der Waals surface area contributed by atoms with Gasteiger partial charge in [0.1, 0.15) is 17.7 Å². The first-order chi connectivity index (χ1) is 23.1. The van der Waals surface area contributed by atoms with Crippen LogP contribution in [0.15, 0.2) is 65.9 Å². The van der Waals surface area contributed by atoms with Gasteiger partial charge in [-0.15, -0.1) is 10.2 Å². The molecule has 1 N–H and O–H groups in total. The van der Waals surface area contributed by atoms with Crippen molar-refractivity contribution in [3.8, 4) is 0 Å². The second-order valence-electron chi connectivity index (χ2n) is 13.0. The fraction of sp³-hybridized carbons (Fsp3) is 0.361. The highest BCUT2D eigenvalue weighted by Gasteiger charge is 2.46. The predicted octanol–water partition coefficient (Wildman–Crippen LogP) is 5.78. The first kappa shape index (κ1) is 31.6. The van der Waals surface area contributed by atoms with E-state index < -0.39 is 17.7 Å². The zero-order valence-corrected chi connectivity index (χ0v) is 26.5. The quantitative estimate of drug-likeness (QED) is 0.240. The molecule has 2 aliphatic heterocycles. The number of aromatic nitrogens is 3. The van der Waals surface area contributed by atoms with E-state index in [1.54, 1.807) is 17.0 Å². The molecule has 2 aromatic heterocycles. The average molecular weight is 657 g/mol. The second-order valence-corrected chi connectivity index (χ2v) is 13.0. The number of nitrogens with zero attached hydrogens (tertiary/aromatic N) is 5. The van der Waals surface area contributed by atoms with E-state index in [2.05, 4.69) is 33.1 Å². The SMILES string of the molecule is C=CC(=O)N1CCc2cc(N3CCC4(CC3)C[C@@H](CC(=O)N[C@H](Cc3ccc(F)c(F)c3)c3nnco3)c3ccc(F)cc34)nc(C)c21. The Hall–Kier alpha value is -5.00. The van der Waals surface area contributed by atoms with Crippen molar-refractivity contribution in [2.24, 2.45) is 0 Å². The molecule has 1 saturated heterocycles. The van der Waals surface area contributed by atoms with E-state index in [1.807, 2.05) is 6.92 Å². The molecule has 2 aromatic carbocycles. The van der Waals surface area contributed by atoms with Gasteiger partial charge in [-0.1, -0.05) is 18.7 Å². The van der Waals surface area contributed by atoms with Crippen LogP contribution >= 0.6 is 0 Å². The third kappa shape index (κ3) is 5.84. The molecule has 248 valence electrons. The van der Waals surface area contributed by atoms with Crippen molar-refractivity contribution in [2.45, 2.75) is 62.8 Å². The number of carbonyl (C=O) groups excluding carboxylic acids is 2. The summed E-state index contributed by atoms with van der Waals surface area (Å²) >= 11 is 0. The van der Waals surface area contributed by atoms with E-state index in [-0.39, 0.29) is 47.7 Å². The molecular formula is C36H35F3N6O3. The van der Waals surface area contributed by atoms with Crippen LogP contribution in [0.3, 0.4) is 0 Å². The predicted molar refractivity (Wildman–Crippen MR) is 172 cm³/mol. The van der Waals surface area contributed by atoms with Gasteiger partial charge in [0.05, 0.1) is 11.4 Å². The zero-order chi connectivity index (χ0) is 33.6. The van der Waals surface area contributed by atoms with Gasteiger partial charge in [-0.05, 0) is 103 Å². The van der Waals surface area contributed by atoms with Gasteiger partial charge in [-0.25, -0.2) is 18.2 Å². The minimum Gasteiger partial charge on any atom is -0.426 e. The van der Waals surface area contributed by atoms with Crippen molar-refractivity contribution >= 4 is 23.3 Å². The van der Waals surface area contributed by atoms with E-state index in [9.17, 15) is 22.8 Å². The Bertz CT molecular complexity index is 1890. The number of hydrogen-bond acceptors (Lipinski definition) is 7. The summed E-state index contributed by atoms with van der Waals surface area (Å²) in [6, 6.07) is 9.76. The number of aryl methyl sites for hydroxylation is 1. The van der Waals surface area contributed by atoms with Crippen LogP contribution in [0.5, 0.6) is 0 Å². The smallest absolute Gasteiger partial charge is 0.250 e. The number of rotatable bonds is 8. The van der Waals surface area contributed by atoms with Crippen molar-refractivity contribution < 1.29 is 27.2 Å². The maximum atomic E-state index is 14.7. The number of nitrogens with one attached hydrogen (secondary N) is 1. The molecule has 1 spiro atoms. The zero-order valence-electron chi connectivity index (χ0n) is 26.5. The normalized spacial score (nSPS) is 18.5. The first-order valence-electron chi connectivity index (χ1n) is 16.1. The summed E-state index contributed by atoms with van der Waals surface area (Å²) in [6.07, 6.45) is 5.73. The average Bonchev–Trinajstić information content (AvgIpc) is 3.82. The molecule has 1 aliphatic carbocycles. The highest BCUT2D eigenvalue weighted by Crippen LogP contribution is 2.53. The molecule has 0 unspecified atom stereocenters. The summed E-state index contributed by atoms with van der Waals surface area (Å²) in [4.78, 5) is 34.8. The molecule has 9 nitrogen and oxygen atoms in total. The minimum absolute atomic E-state index is 0.121. The molecule has 4 aromatic rings. The summed E-state index contributed by atoms with van der Waals surface area (Å²) < 4.78 is 47.5. The molecule has 2 atom stereocenters. The largest absolute Gasteiger partial charge is 0.426 e. The lowest BCUT2D eigenvalue weighted by Crippen LogP contribution is -2.42. The number of anilines is 2. The maximum absolute atomic E-state index is 14.7. The molecule has 3 aliphatic rings. The van der Waals surface area contributed by atoms with Gasteiger partial charge >= 0.3 is 0 Å². The number of amides is 2. The summed E-state index contributed by atoms with van der Waals surface area (Å²) in [5.74, 6) is -1.77. The van der Waals surface area contributed by atoms with Crippen LogP contribution < -0.4 is 15.1 Å². The van der Waals surface area contributed by atoms with Gasteiger partial charge in [0.2, 0.25) is 24.1 Å². The molecule has 1 fully saturated rings. The number of carbonyl (C=O) groups is 2. The van der Waals surface area contributed by atoms with Crippen LogP contribution in [-0.4, -0.2) is 46.6 Å². The number of benzene rings is 2. The Kier molecular flexibility index (Phi) is 8.26. The fourth-order valence-corrected chi connectivity index (χ4v) is 7.88. The van der Waals surface area contributed by atoms with Crippen molar-refractivity contribution in [3.63, 3.8) is 0 Å². The lowest BCUT2D eigenvalue weighted by atomic mass is 9.73. The first-order valence-corrected chi connectivity index (χ1v) is 16.1. The standard InChI is InChI=1S/C36H35F3N6O3/c1-3-33(47)45-11-8-23-16-31(41-21(2)34(23)45)44-12-9-36(10-13-44)19-24(26-6-5-25(37)18-27(26)36)17-32(46)42-30(35-43-40-20-48-35)15-22-4-7-28(38)29(39)14-22/h3-7,14,16,18,20,24,30H,1,8-13,15,17,19H2,2H3,(H,42,46)/t24-,30-/m1/s1. The molecule has 48 heavy (non-hydrogen) atoms. The number of fused-ring (bicyclic) bond motifs is 3. The van der Waals surface area contributed by atoms with Crippen LogP contribution in [0.25, 0.3) is 0 Å². The van der Waals surface area contributed by atoms with Gasteiger partial charge < -0.3 is 19.5 Å². The summed E-state index contributed by atoms with van der Waals surface area (Å²) in [6.45, 7) is 7.58. The Morgan fingerprint density at radius 1 is 1.10 bits per heavy atom. The molecule has 2 amide bonds. The van der Waals surface area contributed by atoms with E-state index in [1.165, 1.54) is 18.2 Å². The molecule has 0 saturated carbocycles. The highest BCUT2D eigenvalue weighted by atomic mass is 19.2. The molecule has 12 heteroatoms. The maximum Gasteiger partial charge on any atom is 0.250 e. The number of piperidine rings is 1. The Morgan fingerprint density at radius 3 is 2.65 bits per heavy atom. The molecule has 0 bridgehead atoms. The summed E-state index contributed by atoms with van der Waals surface area (Å²) in [5, 5.41) is 10.6. The Morgan fingerprint density at radius 2 is 1.92 bits per heavy atom. The monoisotopic (exact) mass is 656 g/mol. The van der Waals surface area contributed by atoms with E-state index >= 15 is 0 Å². The van der Waals surface area contributed by atoms with Crippen LogP contribution in [0, 0.1) is 24.4 Å². The number of pyridine rings is 1. The summed E-state index contributed by atoms with van der Waals surface area (Å²) in [5.41, 5.74) is 4.84. The lowest BCUT2D eigenvalue weighted by molar-refractivity contribution is -0.122. The summed E-state index contributed by atoms with van der Waals surface area (Å²) in [7, 11) is 0. The van der Waals surface area contributed by atoms with Gasteiger partial charge in [-0.2, -0.15) is 0 Å². The third-order valence-electron chi connectivity index (χ3n) is 10.1. The fourth-order valence-electron chi connectivity index (χ4n) is 7.88. The van der Waals surface area contributed by atoms with Gasteiger partial charge in [0.25, 0.3) is 0 Å². The molecule has 7 rings (SSSR count). The topological polar surface area (TPSA) is 104 Å². The highest BCUT2D eigenvalue weighted by molar-refractivity contribution is 6.03. The third-order valence-corrected chi connectivity index (χ3v) is 10.1. The van der Waals surface area contributed by atoms with Gasteiger partial charge in [0, 0.05) is 32.5 Å². The van der Waals surface area contributed by atoms with Crippen LogP contribution in [0.4, 0.5) is 24.7 Å². The molecule has 0 radical (unpaired) electrons. The van der Waals surface area contributed by atoms with Gasteiger partial charge in [0.15, 0.2) is 11.6 Å². The minimum atomic E-state index is -0.983. The van der Waals surface area contributed by atoms with Crippen LogP contribution in [0.2, 0.25) is 0 Å². The lowest BCUT2D eigenvalue weighted by Gasteiger charge is -2.41. The van der Waals surface area contributed by atoms with Crippen molar-refractivity contribution in [1.29, 1.82) is 0 Å². The molecular weight excluding hydrogens is 621 g/mol. The number of hydrogen-bond donors (Lipinski definition) is 1. The van der Waals surface area contributed by atoms with Gasteiger partial charge in [-0.3, -0.25) is 9.59 Å². The second kappa shape index (κ2) is 12.6. The van der Waals surface area contributed by atoms with Crippen molar-refractivity contribution in [3.05, 3.63) is 113 Å². The van der Waals surface area contributed by atoms with E-state index in [4.69, 9.17) is 9.40 Å². The van der Waals surface area contributed by atoms with E-state index in [0.717, 1.165) is 71.7 Å². The van der Waals surface area contributed by atoms with E-state index in [0.29, 0.717) is 31.6 Å². The molecule has 4 heterocycles. The van der Waals surface area contributed by atoms with Crippen LogP contribution in [-0.2, 0) is 27.8 Å². The van der Waals surface area contributed by atoms with Crippen molar-refractivity contribution in [2.75, 3.05) is 29.4 Å². The Balaban J connectivity index is 1.07. The van der Waals surface area contributed by atoms with Crippen LogP contribution in [0.1, 0.15) is 71.5 Å². The van der Waals surface area contributed by atoms with Crippen molar-refractivity contribution in [1.82, 2.24) is 20.5 Å². The Labute approximate surface area is 275 Å². The number of halogens is 3.